The van der Waals surface area contributed by atoms with Crippen molar-refractivity contribution in [3.8, 4) is 0 Å². The Labute approximate surface area is 192 Å². The molecule has 1 aliphatic rings. The van der Waals surface area contributed by atoms with Gasteiger partial charge >= 0.3 is 0 Å². The summed E-state index contributed by atoms with van der Waals surface area (Å²) in [6.07, 6.45) is 0.163. The highest BCUT2D eigenvalue weighted by atomic mass is 19.3. The second kappa shape index (κ2) is 8.23. The van der Waals surface area contributed by atoms with Gasteiger partial charge in [0, 0.05) is 24.4 Å². The van der Waals surface area contributed by atoms with E-state index in [1.165, 1.54) is 30.3 Å². The number of hydrogen-bond acceptors (Lipinski definition) is 4. The largest absolute Gasteiger partial charge is 0.365 e. The van der Waals surface area contributed by atoms with Crippen molar-refractivity contribution in [2.45, 2.75) is 38.3 Å². The summed E-state index contributed by atoms with van der Waals surface area (Å²) in [6.45, 7) is 1.58. The van der Waals surface area contributed by atoms with Gasteiger partial charge < -0.3 is 9.88 Å². The Bertz CT molecular complexity index is 1450. The topological polar surface area (TPSA) is 59.8 Å². The van der Waals surface area contributed by atoms with Gasteiger partial charge in [-0.05, 0) is 37.5 Å². The van der Waals surface area contributed by atoms with Crippen LogP contribution in [0.15, 0.2) is 59.5 Å². The Morgan fingerprint density at radius 3 is 2.50 bits per heavy atom. The van der Waals surface area contributed by atoms with Crippen LogP contribution >= 0.6 is 0 Å². The molecular weight excluding hydrogens is 448 g/mol. The lowest BCUT2D eigenvalue weighted by molar-refractivity contribution is 0.146. The fraction of sp³-hybridized carbons (Fsp3) is 0.240. The summed E-state index contributed by atoms with van der Waals surface area (Å²) in [5.74, 6) is -0.573. The minimum absolute atomic E-state index is 0.0699. The molecule has 0 unspecified atom stereocenters. The van der Waals surface area contributed by atoms with Crippen molar-refractivity contribution < 1.29 is 17.6 Å². The summed E-state index contributed by atoms with van der Waals surface area (Å²) in [4.78, 5) is 21.7. The van der Waals surface area contributed by atoms with Crippen LogP contribution in [0.2, 0.25) is 0 Å². The van der Waals surface area contributed by atoms with Gasteiger partial charge in [-0.1, -0.05) is 30.3 Å². The Kier molecular flexibility index (Phi) is 5.34. The summed E-state index contributed by atoms with van der Waals surface area (Å²) < 4.78 is 55.7. The van der Waals surface area contributed by atoms with Gasteiger partial charge in [-0.25, -0.2) is 27.5 Å². The van der Waals surface area contributed by atoms with E-state index in [-0.39, 0.29) is 23.5 Å². The number of nitrogens with zero attached hydrogens (tertiary/aromatic N) is 3. The van der Waals surface area contributed by atoms with Crippen LogP contribution in [0, 0.1) is 18.6 Å². The Hall–Kier alpha value is -3.75. The molecule has 0 spiro atoms. The van der Waals surface area contributed by atoms with E-state index in [1.54, 1.807) is 29.8 Å². The summed E-state index contributed by atoms with van der Waals surface area (Å²) >= 11 is 0. The maximum Gasteiger partial charge on any atom is 0.266 e. The molecule has 2 heterocycles. The molecular formula is C25H20F4N4O. The number of pyridine rings is 1. The fourth-order valence-corrected chi connectivity index (χ4v) is 4.32. The van der Waals surface area contributed by atoms with Crippen molar-refractivity contribution in [1.29, 1.82) is 0 Å². The van der Waals surface area contributed by atoms with Gasteiger partial charge in [0.25, 0.3) is 12.0 Å². The number of fused-ring (bicyclic) bond motifs is 1. The second-order valence-electron chi connectivity index (χ2n) is 8.41. The number of nitrogens with one attached hydrogen (secondary N) is 1. The monoisotopic (exact) mass is 468 g/mol. The number of halogens is 4. The summed E-state index contributed by atoms with van der Waals surface area (Å²) in [6, 6.07) is 11.3. The molecule has 0 amide bonds. The normalized spacial score (nSPS) is 14.5. The van der Waals surface area contributed by atoms with Gasteiger partial charge in [0.2, 0.25) is 0 Å². The second-order valence-corrected chi connectivity index (χ2v) is 8.41. The molecule has 34 heavy (non-hydrogen) atoms. The summed E-state index contributed by atoms with van der Waals surface area (Å²) in [5, 5.41) is 3.55. The number of aromatic nitrogens is 3. The smallest absolute Gasteiger partial charge is 0.266 e. The molecule has 1 saturated carbocycles. The van der Waals surface area contributed by atoms with Crippen molar-refractivity contribution in [2.24, 2.45) is 0 Å². The van der Waals surface area contributed by atoms with Crippen LogP contribution in [-0.4, -0.2) is 14.5 Å². The third kappa shape index (κ3) is 3.81. The lowest BCUT2D eigenvalue weighted by Crippen LogP contribution is -2.30. The Balaban J connectivity index is 1.55. The number of aryl methyl sites for hydroxylation is 1. The molecule has 0 radical (unpaired) electrons. The van der Waals surface area contributed by atoms with E-state index >= 15 is 0 Å². The maximum atomic E-state index is 14.5. The molecule has 0 bridgehead atoms. The van der Waals surface area contributed by atoms with E-state index in [0.29, 0.717) is 35.4 Å². The van der Waals surface area contributed by atoms with E-state index in [1.807, 2.05) is 0 Å². The molecule has 9 heteroatoms. The number of anilines is 1. The number of hydrogen-bond donors (Lipinski definition) is 1. The average molecular weight is 468 g/mol. The quantitative estimate of drug-likeness (QED) is 0.382. The minimum atomic E-state index is -2.92. The molecule has 174 valence electrons. The van der Waals surface area contributed by atoms with Crippen molar-refractivity contribution in [2.75, 3.05) is 5.32 Å². The van der Waals surface area contributed by atoms with E-state index in [0.717, 1.165) is 11.6 Å². The first kappa shape index (κ1) is 22.1. The van der Waals surface area contributed by atoms with Gasteiger partial charge in [0.1, 0.15) is 23.3 Å². The molecule has 1 N–H and O–H groups in total. The number of alkyl halides is 2. The lowest BCUT2D eigenvalue weighted by Gasteiger charge is -2.21. The molecule has 5 nitrogen and oxygen atoms in total. The predicted octanol–water partition coefficient (Wildman–Crippen LogP) is 5.47. The predicted molar refractivity (Wildman–Crippen MR) is 120 cm³/mol. The van der Waals surface area contributed by atoms with E-state index in [4.69, 9.17) is 0 Å². The van der Waals surface area contributed by atoms with Gasteiger partial charge in [-0.3, -0.25) is 4.79 Å². The van der Waals surface area contributed by atoms with Crippen molar-refractivity contribution >= 4 is 16.7 Å². The summed E-state index contributed by atoms with van der Waals surface area (Å²) in [7, 11) is 0. The fourth-order valence-electron chi connectivity index (χ4n) is 4.32. The molecule has 1 fully saturated rings. The SMILES string of the molecule is Cc1nc(NCc2cccc(C(F)F)c2F)c2cn(C3(c4ccc(F)cc4)CC3)c(=O)cc2n1. The third-order valence-electron chi connectivity index (χ3n) is 6.20. The van der Waals surface area contributed by atoms with Crippen LogP contribution in [0.3, 0.4) is 0 Å². The zero-order valence-corrected chi connectivity index (χ0v) is 18.2. The number of rotatable bonds is 6. The number of benzene rings is 2. The Morgan fingerprint density at radius 1 is 1.09 bits per heavy atom. The van der Waals surface area contributed by atoms with E-state index in [2.05, 4.69) is 15.3 Å². The van der Waals surface area contributed by atoms with Crippen LogP contribution in [0.4, 0.5) is 23.4 Å². The molecule has 0 atom stereocenters. The summed E-state index contributed by atoms with van der Waals surface area (Å²) in [5.41, 5.74) is -0.197. The zero-order chi connectivity index (χ0) is 24.0. The highest BCUT2D eigenvalue weighted by molar-refractivity contribution is 5.88. The van der Waals surface area contributed by atoms with E-state index < -0.39 is 23.3 Å². The highest BCUT2D eigenvalue weighted by Crippen LogP contribution is 2.48. The van der Waals surface area contributed by atoms with Crippen LogP contribution in [0.1, 0.15) is 41.8 Å². The van der Waals surface area contributed by atoms with Gasteiger partial charge in [-0.2, -0.15) is 0 Å². The first-order chi connectivity index (χ1) is 16.3. The van der Waals surface area contributed by atoms with Gasteiger partial charge in [0.15, 0.2) is 0 Å². The van der Waals surface area contributed by atoms with Crippen LogP contribution in [-0.2, 0) is 12.1 Å². The van der Waals surface area contributed by atoms with Gasteiger partial charge in [-0.15, -0.1) is 0 Å². The first-order valence-electron chi connectivity index (χ1n) is 10.8. The zero-order valence-electron chi connectivity index (χ0n) is 18.2. The first-order valence-corrected chi connectivity index (χ1v) is 10.8. The molecule has 0 saturated heterocycles. The van der Waals surface area contributed by atoms with E-state index in [9.17, 15) is 22.4 Å². The standard InChI is InChI=1S/C25H20F4N4O/c1-14-31-20-11-21(34)33(25(9-10-25)16-5-7-17(26)8-6-16)13-19(20)24(32-14)30-12-15-3-2-4-18(22(15)27)23(28)29/h2-8,11,13,23H,9-10,12H2,1H3,(H,30,31,32). The molecule has 1 aliphatic carbocycles. The Morgan fingerprint density at radius 2 is 1.82 bits per heavy atom. The highest BCUT2D eigenvalue weighted by Gasteiger charge is 2.47. The van der Waals surface area contributed by atoms with Crippen LogP contribution < -0.4 is 10.9 Å². The van der Waals surface area contributed by atoms with Crippen molar-refractivity contribution in [3.63, 3.8) is 0 Å². The third-order valence-corrected chi connectivity index (χ3v) is 6.20. The van der Waals surface area contributed by atoms with Crippen LogP contribution in [0.25, 0.3) is 10.9 Å². The molecule has 2 aromatic carbocycles. The minimum Gasteiger partial charge on any atom is -0.365 e. The molecule has 0 aliphatic heterocycles. The van der Waals surface area contributed by atoms with Crippen molar-refractivity contribution in [1.82, 2.24) is 14.5 Å². The molecule has 5 rings (SSSR count). The maximum absolute atomic E-state index is 14.5. The van der Waals surface area contributed by atoms with Gasteiger partial charge in [0.05, 0.1) is 22.0 Å². The lowest BCUT2D eigenvalue weighted by atomic mass is 10.0. The molecule has 2 aromatic heterocycles. The van der Waals surface area contributed by atoms with Crippen molar-refractivity contribution in [3.05, 3.63) is 99.2 Å². The van der Waals surface area contributed by atoms with Crippen LogP contribution in [0.5, 0.6) is 0 Å². The average Bonchev–Trinajstić information content (AvgIpc) is 3.59. The molecule has 4 aromatic rings.